The number of nitrogens with zero attached hydrogens (tertiary/aromatic N) is 1. The Morgan fingerprint density at radius 2 is 1.55 bits per heavy atom. The van der Waals surface area contributed by atoms with Crippen molar-refractivity contribution >= 4 is 5.78 Å². The number of benzene rings is 1. The standard InChI is InChI=1S/C18H29NO/c1-14(15-11-9-8-10-12-15)19(18(5,6)7)13-16(20)17(2,3)4/h8-12,14H,13H2,1-7H3/t14-/m0/s1. The second-order valence-electron chi connectivity index (χ2n) is 7.56. The van der Waals surface area contributed by atoms with Crippen molar-refractivity contribution in [3.05, 3.63) is 35.9 Å². The van der Waals surface area contributed by atoms with Crippen LogP contribution in [0, 0.1) is 5.41 Å². The van der Waals surface area contributed by atoms with Gasteiger partial charge in [0.1, 0.15) is 0 Å². The first-order valence-electron chi connectivity index (χ1n) is 7.38. The highest BCUT2D eigenvalue weighted by molar-refractivity contribution is 5.85. The average Bonchev–Trinajstić information content (AvgIpc) is 2.33. The van der Waals surface area contributed by atoms with Crippen molar-refractivity contribution in [1.82, 2.24) is 4.90 Å². The predicted octanol–water partition coefficient (Wildman–Crippen LogP) is 4.46. The fourth-order valence-electron chi connectivity index (χ4n) is 2.26. The highest BCUT2D eigenvalue weighted by atomic mass is 16.1. The number of rotatable bonds is 4. The van der Waals surface area contributed by atoms with E-state index >= 15 is 0 Å². The van der Waals surface area contributed by atoms with Gasteiger partial charge in [-0.2, -0.15) is 0 Å². The quantitative estimate of drug-likeness (QED) is 0.808. The van der Waals surface area contributed by atoms with E-state index in [1.807, 2.05) is 26.8 Å². The molecule has 0 aliphatic carbocycles. The Morgan fingerprint density at radius 1 is 1.05 bits per heavy atom. The van der Waals surface area contributed by atoms with Gasteiger partial charge in [-0.05, 0) is 33.3 Å². The van der Waals surface area contributed by atoms with Crippen LogP contribution >= 0.6 is 0 Å². The smallest absolute Gasteiger partial charge is 0.152 e. The molecular weight excluding hydrogens is 246 g/mol. The molecule has 0 heterocycles. The Morgan fingerprint density at radius 3 is 1.95 bits per heavy atom. The summed E-state index contributed by atoms with van der Waals surface area (Å²) < 4.78 is 0. The Labute approximate surface area is 124 Å². The molecule has 0 aliphatic rings. The fourth-order valence-corrected chi connectivity index (χ4v) is 2.26. The molecule has 0 bridgehead atoms. The van der Waals surface area contributed by atoms with Crippen LogP contribution in [0.4, 0.5) is 0 Å². The van der Waals surface area contributed by atoms with Gasteiger partial charge in [0.25, 0.3) is 0 Å². The van der Waals surface area contributed by atoms with Gasteiger partial charge in [0, 0.05) is 17.0 Å². The van der Waals surface area contributed by atoms with Crippen LogP contribution in [0.25, 0.3) is 0 Å². The summed E-state index contributed by atoms with van der Waals surface area (Å²) in [6, 6.07) is 10.6. The topological polar surface area (TPSA) is 20.3 Å². The molecule has 1 aromatic rings. The number of hydrogen-bond donors (Lipinski definition) is 0. The van der Waals surface area contributed by atoms with Crippen LogP contribution in [0.15, 0.2) is 30.3 Å². The molecule has 0 aliphatic heterocycles. The summed E-state index contributed by atoms with van der Waals surface area (Å²) in [5.74, 6) is 0.287. The van der Waals surface area contributed by atoms with Gasteiger partial charge >= 0.3 is 0 Å². The molecule has 1 atom stereocenters. The molecule has 0 saturated heterocycles. The Balaban J connectivity index is 3.00. The van der Waals surface area contributed by atoms with Crippen molar-refractivity contribution in [2.24, 2.45) is 5.41 Å². The predicted molar refractivity (Wildman–Crippen MR) is 85.8 cm³/mol. The molecule has 0 N–H and O–H groups in total. The maximum absolute atomic E-state index is 12.4. The zero-order valence-electron chi connectivity index (χ0n) is 14.0. The molecule has 0 spiro atoms. The number of carbonyl (C=O) groups excluding carboxylic acids is 1. The third kappa shape index (κ3) is 4.45. The molecule has 1 rings (SSSR count). The molecule has 0 unspecified atom stereocenters. The van der Waals surface area contributed by atoms with Gasteiger partial charge in [0.15, 0.2) is 5.78 Å². The minimum absolute atomic E-state index is 0.0455. The first-order chi connectivity index (χ1) is 9.03. The van der Waals surface area contributed by atoms with Crippen LogP contribution in [-0.2, 0) is 4.79 Å². The van der Waals surface area contributed by atoms with Crippen molar-refractivity contribution in [3.63, 3.8) is 0 Å². The van der Waals surface area contributed by atoms with Gasteiger partial charge in [0.2, 0.25) is 0 Å². The van der Waals surface area contributed by atoms with Gasteiger partial charge in [0.05, 0.1) is 6.54 Å². The lowest BCUT2D eigenvalue weighted by Gasteiger charge is -2.41. The number of carbonyl (C=O) groups is 1. The molecule has 2 nitrogen and oxygen atoms in total. The Bertz CT molecular complexity index is 437. The molecule has 0 aromatic heterocycles. The highest BCUT2D eigenvalue weighted by Crippen LogP contribution is 2.29. The summed E-state index contributed by atoms with van der Waals surface area (Å²) in [7, 11) is 0. The lowest BCUT2D eigenvalue weighted by atomic mass is 9.88. The maximum Gasteiger partial charge on any atom is 0.152 e. The third-order valence-corrected chi connectivity index (χ3v) is 3.76. The molecule has 0 saturated carbocycles. The molecule has 1 aromatic carbocycles. The Kier molecular flexibility index (Phi) is 5.15. The van der Waals surface area contributed by atoms with Gasteiger partial charge in [-0.1, -0.05) is 51.1 Å². The van der Waals surface area contributed by atoms with E-state index in [1.54, 1.807) is 0 Å². The second-order valence-corrected chi connectivity index (χ2v) is 7.56. The average molecular weight is 275 g/mol. The third-order valence-electron chi connectivity index (χ3n) is 3.76. The van der Waals surface area contributed by atoms with E-state index in [-0.39, 0.29) is 22.8 Å². The van der Waals surface area contributed by atoms with Crippen LogP contribution in [0.2, 0.25) is 0 Å². The van der Waals surface area contributed by atoms with E-state index in [0.717, 1.165) is 0 Å². The molecule has 0 fully saturated rings. The summed E-state index contributed by atoms with van der Waals surface area (Å²) in [5.41, 5.74) is 0.917. The molecule has 112 valence electrons. The molecular formula is C18H29NO. The first-order valence-corrected chi connectivity index (χ1v) is 7.38. The first kappa shape index (κ1) is 16.9. The monoisotopic (exact) mass is 275 g/mol. The van der Waals surface area contributed by atoms with Gasteiger partial charge in [-0.25, -0.2) is 0 Å². The minimum atomic E-state index is -0.292. The molecule has 2 heteroatoms. The zero-order valence-corrected chi connectivity index (χ0v) is 14.0. The van der Waals surface area contributed by atoms with Crippen molar-refractivity contribution < 1.29 is 4.79 Å². The number of ketones is 1. The van der Waals surface area contributed by atoms with Crippen LogP contribution in [0.5, 0.6) is 0 Å². The second kappa shape index (κ2) is 6.09. The molecule has 0 radical (unpaired) electrons. The van der Waals surface area contributed by atoms with E-state index in [2.05, 4.69) is 56.9 Å². The lowest BCUT2D eigenvalue weighted by Crippen LogP contribution is -2.47. The largest absolute Gasteiger partial charge is 0.298 e. The van der Waals surface area contributed by atoms with Gasteiger partial charge in [-0.3, -0.25) is 9.69 Å². The minimum Gasteiger partial charge on any atom is -0.298 e. The van der Waals surface area contributed by atoms with Crippen LogP contribution in [-0.4, -0.2) is 22.8 Å². The summed E-state index contributed by atoms with van der Waals surface area (Å²) >= 11 is 0. The SMILES string of the molecule is C[C@@H](c1ccccc1)N(CC(=O)C(C)(C)C)C(C)(C)C. The number of hydrogen-bond acceptors (Lipinski definition) is 2. The van der Waals surface area contributed by atoms with Crippen molar-refractivity contribution in [2.75, 3.05) is 6.54 Å². The maximum atomic E-state index is 12.4. The zero-order chi connectivity index (χ0) is 15.6. The van der Waals surface area contributed by atoms with Crippen LogP contribution in [0.1, 0.15) is 60.1 Å². The number of Topliss-reactive ketones (excluding diaryl/α,β-unsaturated/α-hetero) is 1. The van der Waals surface area contributed by atoms with Crippen molar-refractivity contribution in [1.29, 1.82) is 0 Å². The summed E-state index contributed by atoms with van der Waals surface area (Å²) in [6.45, 7) is 15.1. The van der Waals surface area contributed by atoms with Crippen LogP contribution < -0.4 is 0 Å². The van der Waals surface area contributed by atoms with E-state index in [1.165, 1.54) is 5.56 Å². The Hall–Kier alpha value is -1.15. The normalized spacial score (nSPS) is 14.4. The van der Waals surface area contributed by atoms with Gasteiger partial charge in [-0.15, -0.1) is 0 Å². The molecule has 20 heavy (non-hydrogen) atoms. The highest BCUT2D eigenvalue weighted by Gasteiger charge is 2.32. The van der Waals surface area contributed by atoms with E-state index in [0.29, 0.717) is 6.54 Å². The van der Waals surface area contributed by atoms with E-state index < -0.39 is 0 Å². The summed E-state index contributed by atoms with van der Waals surface area (Å²) in [6.07, 6.45) is 0. The van der Waals surface area contributed by atoms with Crippen molar-refractivity contribution in [3.8, 4) is 0 Å². The van der Waals surface area contributed by atoms with E-state index in [4.69, 9.17) is 0 Å². The van der Waals surface area contributed by atoms with Crippen LogP contribution in [0.3, 0.4) is 0 Å². The van der Waals surface area contributed by atoms with E-state index in [9.17, 15) is 4.79 Å². The molecule has 0 amide bonds. The summed E-state index contributed by atoms with van der Waals surface area (Å²) in [4.78, 5) is 14.7. The lowest BCUT2D eigenvalue weighted by molar-refractivity contribution is -0.129. The summed E-state index contributed by atoms with van der Waals surface area (Å²) in [5, 5.41) is 0. The fraction of sp³-hybridized carbons (Fsp3) is 0.611. The van der Waals surface area contributed by atoms with Crippen molar-refractivity contribution in [2.45, 2.75) is 60.0 Å². The van der Waals surface area contributed by atoms with Gasteiger partial charge < -0.3 is 0 Å².